The third-order valence-electron chi connectivity index (χ3n) is 6.25. The van der Waals surface area contributed by atoms with Crippen LogP contribution < -0.4 is 5.32 Å². The molecule has 8 nitrogen and oxygen atoms in total. The molecule has 0 aliphatic heterocycles. The highest BCUT2D eigenvalue weighted by molar-refractivity contribution is 6.03. The number of hydrogen-bond donors (Lipinski definition) is 4. The van der Waals surface area contributed by atoms with E-state index in [1.165, 1.54) is 0 Å². The van der Waals surface area contributed by atoms with Crippen LogP contribution in [0.2, 0.25) is 0 Å². The van der Waals surface area contributed by atoms with Gasteiger partial charge in [0.2, 0.25) is 0 Å². The summed E-state index contributed by atoms with van der Waals surface area (Å²) in [6, 6.07) is 20.6. The number of aliphatic imine (C=N–C) groups is 1. The van der Waals surface area contributed by atoms with Crippen LogP contribution in [0.1, 0.15) is 38.4 Å². The number of phenolic OH excluding ortho intramolecular Hbond substituents is 1. The van der Waals surface area contributed by atoms with Crippen LogP contribution in [0.5, 0.6) is 11.6 Å². The lowest BCUT2D eigenvalue weighted by Crippen LogP contribution is -2.16. The molecule has 5 aromatic rings. The molecule has 0 bridgehead atoms. The average Bonchev–Trinajstić information content (AvgIpc) is 3.36. The molecule has 37 heavy (non-hydrogen) atoms. The summed E-state index contributed by atoms with van der Waals surface area (Å²) in [6.45, 7) is 3.67. The van der Waals surface area contributed by atoms with Crippen molar-refractivity contribution >= 4 is 34.4 Å². The predicted molar refractivity (Wildman–Crippen MR) is 145 cm³/mol. The molecule has 0 radical (unpaired) electrons. The molecule has 186 valence electrons. The number of anilines is 1. The van der Waals surface area contributed by atoms with Gasteiger partial charge < -0.3 is 20.5 Å². The number of benzene rings is 3. The maximum absolute atomic E-state index is 12.7. The summed E-state index contributed by atoms with van der Waals surface area (Å²) in [5, 5.41) is 28.4. The Kier molecular flexibility index (Phi) is 6.23. The summed E-state index contributed by atoms with van der Waals surface area (Å²) in [4.78, 5) is 20.1. The van der Waals surface area contributed by atoms with Gasteiger partial charge in [-0.25, -0.2) is 0 Å². The minimum Gasteiger partial charge on any atom is -0.508 e. The zero-order valence-corrected chi connectivity index (χ0v) is 20.8. The minimum absolute atomic E-state index is 0.0299. The summed E-state index contributed by atoms with van der Waals surface area (Å²) in [5.74, 6) is -0.00780. The summed E-state index contributed by atoms with van der Waals surface area (Å²) < 4.78 is 1.57. The molecule has 2 aromatic heterocycles. The Bertz CT molecular complexity index is 1660. The number of rotatable bonds is 6. The molecule has 0 unspecified atom stereocenters. The highest BCUT2D eigenvalue weighted by Crippen LogP contribution is 2.29. The Morgan fingerprint density at radius 1 is 1.05 bits per heavy atom. The zero-order valence-electron chi connectivity index (χ0n) is 20.8. The quantitative estimate of drug-likeness (QED) is 0.233. The maximum Gasteiger partial charge on any atom is 0.273 e. The third kappa shape index (κ3) is 5.08. The number of aromatic hydroxyl groups is 2. The number of aromatic nitrogens is 3. The number of amides is 1. The fraction of sp³-hybridized carbons (Fsp3) is 0.138. The van der Waals surface area contributed by atoms with Crippen molar-refractivity contribution < 1.29 is 15.0 Å². The second-order valence-electron chi connectivity index (χ2n) is 9.12. The number of H-pyrrole nitrogens is 1. The first kappa shape index (κ1) is 23.9. The summed E-state index contributed by atoms with van der Waals surface area (Å²) in [6.07, 6.45) is 2.23. The van der Waals surface area contributed by atoms with Crippen molar-refractivity contribution in [1.29, 1.82) is 0 Å². The topological polar surface area (TPSA) is 116 Å². The molecule has 0 saturated carbocycles. The number of aromatic amines is 1. The molecular formula is C29H27N5O3. The van der Waals surface area contributed by atoms with E-state index in [2.05, 4.69) is 20.4 Å². The number of aryl methyl sites for hydroxylation is 3. The fourth-order valence-corrected chi connectivity index (χ4v) is 4.32. The monoisotopic (exact) mass is 493 g/mol. The van der Waals surface area contributed by atoms with Crippen LogP contribution in [-0.2, 0) is 13.5 Å². The van der Waals surface area contributed by atoms with Gasteiger partial charge in [-0.1, -0.05) is 24.3 Å². The van der Waals surface area contributed by atoms with Crippen molar-refractivity contribution in [1.82, 2.24) is 14.8 Å². The van der Waals surface area contributed by atoms with E-state index in [1.54, 1.807) is 36.1 Å². The molecule has 0 spiro atoms. The van der Waals surface area contributed by atoms with E-state index in [0.717, 1.165) is 33.3 Å². The molecule has 0 fully saturated rings. The van der Waals surface area contributed by atoms with Gasteiger partial charge in [0.1, 0.15) is 11.4 Å². The lowest BCUT2D eigenvalue weighted by atomic mass is 10.0. The molecule has 0 aliphatic carbocycles. The summed E-state index contributed by atoms with van der Waals surface area (Å²) in [5.41, 5.74) is 6.79. The minimum atomic E-state index is -0.213. The number of nitrogens with one attached hydrogen (secondary N) is 2. The molecule has 0 atom stereocenters. The molecule has 5 rings (SSSR count). The number of carbonyl (C=O) groups excluding carboxylic acids is 1. The van der Waals surface area contributed by atoms with Gasteiger partial charge in [-0.2, -0.15) is 5.10 Å². The normalized spacial score (nSPS) is 11.4. The lowest BCUT2D eigenvalue weighted by molar-refractivity contribution is 0.101. The summed E-state index contributed by atoms with van der Waals surface area (Å²) in [7, 11) is 1.75. The SMILES string of the molecule is Cc1cc(C(=O)Nc2cccc(Cc3ccc4[nH]c(O)c(C=Nc5ccc(C)c(O)c5)c4c3)c2)n(C)n1. The zero-order chi connectivity index (χ0) is 26.1. The van der Waals surface area contributed by atoms with Crippen LogP contribution in [0.25, 0.3) is 10.9 Å². The van der Waals surface area contributed by atoms with E-state index in [4.69, 9.17) is 0 Å². The van der Waals surface area contributed by atoms with Crippen LogP contribution in [0, 0.1) is 13.8 Å². The van der Waals surface area contributed by atoms with Gasteiger partial charge in [0, 0.05) is 35.9 Å². The molecule has 8 heteroatoms. The molecule has 1 amide bonds. The number of nitrogens with zero attached hydrogens (tertiary/aromatic N) is 3. The average molecular weight is 494 g/mol. The van der Waals surface area contributed by atoms with E-state index in [1.807, 2.05) is 62.4 Å². The van der Waals surface area contributed by atoms with Gasteiger partial charge in [-0.15, -0.1) is 0 Å². The Morgan fingerprint density at radius 3 is 2.62 bits per heavy atom. The van der Waals surface area contributed by atoms with Crippen molar-refractivity contribution in [3.63, 3.8) is 0 Å². The van der Waals surface area contributed by atoms with Gasteiger partial charge in [-0.05, 0) is 73.4 Å². The highest BCUT2D eigenvalue weighted by atomic mass is 16.3. The molecule has 0 saturated heterocycles. The number of phenols is 1. The molecule has 4 N–H and O–H groups in total. The lowest BCUT2D eigenvalue weighted by Gasteiger charge is -2.08. The van der Waals surface area contributed by atoms with Crippen LogP contribution in [0.15, 0.2) is 71.7 Å². The van der Waals surface area contributed by atoms with Gasteiger partial charge in [0.05, 0.1) is 16.9 Å². The van der Waals surface area contributed by atoms with Gasteiger partial charge in [-0.3, -0.25) is 14.5 Å². The van der Waals surface area contributed by atoms with Crippen LogP contribution in [0.4, 0.5) is 11.4 Å². The first-order chi connectivity index (χ1) is 17.8. The second kappa shape index (κ2) is 9.66. The number of hydrogen-bond acceptors (Lipinski definition) is 5. The third-order valence-corrected chi connectivity index (χ3v) is 6.25. The van der Waals surface area contributed by atoms with E-state index < -0.39 is 0 Å². The summed E-state index contributed by atoms with van der Waals surface area (Å²) >= 11 is 0. The largest absolute Gasteiger partial charge is 0.508 e. The van der Waals surface area contributed by atoms with Crippen molar-refractivity contribution in [3.8, 4) is 11.6 Å². The smallest absolute Gasteiger partial charge is 0.273 e. The Labute approximate surface area is 213 Å². The number of fused-ring (bicyclic) bond motifs is 1. The van der Waals surface area contributed by atoms with Gasteiger partial charge in [0.15, 0.2) is 5.88 Å². The van der Waals surface area contributed by atoms with E-state index >= 15 is 0 Å². The highest BCUT2D eigenvalue weighted by Gasteiger charge is 2.13. The Balaban J connectivity index is 1.37. The Hall–Kier alpha value is -4.85. The molecule has 2 heterocycles. The van der Waals surface area contributed by atoms with Crippen LogP contribution in [-0.4, -0.2) is 37.1 Å². The fourth-order valence-electron chi connectivity index (χ4n) is 4.32. The Morgan fingerprint density at radius 2 is 1.86 bits per heavy atom. The molecule has 3 aromatic carbocycles. The van der Waals surface area contributed by atoms with Crippen LogP contribution >= 0.6 is 0 Å². The van der Waals surface area contributed by atoms with Crippen molar-refractivity contribution in [2.24, 2.45) is 12.0 Å². The van der Waals surface area contributed by atoms with E-state index in [0.29, 0.717) is 29.1 Å². The first-order valence-corrected chi connectivity index (χ1v) is 11.8. The van der Waals surface area contributed by atoms with Gasteiger partial charge in [0.25, 0.3) is 5.91 Å². The van der Waals surface area contributed by atoms with Crippen LogP contribution in [0.3, 0.4) is 0 Å². The second-order valence-corrected chi connectivity index (χ2v) is 9.12. The van der Waals surface area contributed by atoms with E-state index in [-0.39, 0.29) is 17.5 Å². The van der Waals surface area contributed by atoms with E-state index in [9.17, 15) is 15.0 Å². The number of carbonyl (C=O) groups is 1. The van der Waals surface area contributed by atoms with Gasteiger partial charge >= 0.3 is 0 Å². The first-order valence-electron chi connectivity index (χ1n) is 11.8. The standard InChI is InChI=1S/C29H27N5O3/c1-17-7-9-21(15-27(17)35)30-16-24-23-14-20(8-10-25(23)32-28(24)36)12-19-5-4-6-22(13-19)31-29(37)26-11-18(2)33-34(26)3/h4-11,13-16,32,35-36H,12H2,1-3H3,(H,31,37). The molecular weight excluding hydrogens is 466 g/mol. The van der Waals surface area contributed by atoms with Crippen molar-refractivity contribution in [2.45, 2.75) is 20.3 Å². The van der Waals surface area contributed by atoms with Crippen molar-refractivity contribution in [2.75, 3.05) is 5.32 Å². The molecule has 0 aliphatic rings. The maximum atomic E-state index is 12.7. The predicted octanol–water partition coefficient (Wildman–Crippen LogP) is 5.52. The van der Waals surface area contributed by atoms with Crippen molar-refractivity contribution in [3.05, 3.63) is 100 Å².